The molecule has 3 nitrogen and oxygen atoms in total. The third-order valence-corrected chi connectivity index (χ3v) is 3.33. The Balaban J connectivity index is 2.29. The minimum Gasteiger partial charge on any atom is -0.478 e. The highest BCUT2D eigenvalue weighted by Crippen LogP contribution is 2.28. The van der Waals surface area contributed by atoms with Gasteiger partial charge in [-0.3, -0.25) is 0 Å². The third-order valence-electron chi connectivity index (χ3n) is 2.34. The van der Waals surface area contributed by atoms with Crippen molar-refractivity contribution in [3.05, 3.63) is 53.5 Å². The molecule has 2 rings (SSSR count). The van der Waals surface area contributed by atoms with Gasteiger partial charge in [0.15, 0.2) is 0 Å². The molecule has 1 aromatic heterocycles. The second-order valence-corrected chi connectivity index (χ2v) is 4.68. The van der Waals surface area contributed by atoms with Crippen molar-refractivity contribution in [1.29, 1.82) is 0 Å². The molecule has 92 valence electrons. The highest BCUT2D eigenvalue weighted by atomic mass is 32.2. The van der Waals surface area contributed by atoms with E-state index in [0.29, 0.717) is 15.6 Å². The van der Waals surface area contributed by atoms with Crippen LogP contribution < -0.4 is 0 Å². The SMILES string of the molecule is Cc1nc(Sc2ccccc2F)ccc1C(=O)O. The van der Waals surface area contributed by atoms with Crippen molar-refractivity contribution in [2.24, 2.45) is 0 Å². The molecule has 0 atom stereocenters. The Morgan fingerprint density at radius 1 is 1.28 bits per heavy atom. The topological polar surface area (TPSA) is 50.2 Å². The van der Waals surface area contributed by atoms with Crippen molar-refractivity contribution < 1.29 is 14.3 Å². The monoisotopic (exact) mass is 263 g/mol. The number of rotatable bonds is 3. The lowest BCUT2D eigenvalue weighted by Crippen LogP contribution is -2.01. The molecule has 1 N–H and O–H groups in total. The number of carboxylic acids is 1. The Bertz CT molecular complexity index is 601. The van der Waals surface area contributed by atoms with Gasteiger partial charge in [-0.1, -0.05) is 23.9 Å². The summed E-state index contributed by atoms with van der Waals surface area (Å²) in [5.41, 5.74) is 0.580. The Hall–Kier alpha value is -1.88. The quantitative estimate of drug-likeness (QED) is 0.922. The molecule has 0 unspecified atom stereocenters. The molecule has 0 aliphatic carbocycles. The van der Waals surface area contributed by atoms with Crippen molar-refractivity contribution in [3.63, 3.8) is 0 Å². The number of nitrogens with zero attached hydrogens (tertiary/aromatic N) is 1. The van der Waals surface area contributed by atoms with Crippen LogP contribution in [-0.4, -0.2) is 16.1 Å². The lowest BCUT2D eigenvalue weighted by Gasteiger charge is -2.05. The first kappa shape index (κ1) is 12.6. The van der Waals surface area contributed by atoms with Crippen LogP contribution in [0.2, 0.25) is 0 Å². The molecule has 1 heterocycles. The van der Waals surface area contributed by atoms with Gasteiger partial charge in [0.2, 0.25) is 0 Å². The average molecular weight is 263 g/mol. The van der Waals surface area contributed by atoms with E-state index in [0.717, 1.165) is 0 Å². The summed E-state index contributed by atoms with van der Waals surface area (Å²) in [6.07, 6.45) is 0. The lowest BCUT2D eigenvalue weighted by atomic mass is 10.2. The van der Waals surface area contributed by atoms with Crippen molar-refractivity contribution in [3.8, 4) is 0 Å². The van der Waals surface area contributed by atoms with Gasteiger partial charge >= 0.3 is 5.97 Å². The van der Waals surface area contributed by atoms with E-state index in [-0.39, 0.29) is 11.4 Å². The fourth-order valence-electron chi connectivity index (χ4n) is 1.46. The fourth-order valence-corrected chi connectivity index (χ4v) is 2.32. The molecule has 0 aliphatic heterocycles. The molecule has 1 aromatic carbocycles. The first-order valence-corrected chi connectivity index (χ1v) is 6.03. The zero-order chi connectivity index (χ0) is 13.1. The van der Waals surface area contributed by atoms with Gasteiger partial charge in [-0.2, -0.15) is 0 Å². The van der Waals surface area contributed by atoms with Crippen LogP contribution >= 0.6 is 11.8 Å². The third kappa shape index (κ3) is 2.68. The molecule has 0 amide bonds. The van der Waals surface area contributed by atoms with Gasteiger partial charge in [-0.15, -0.1) is 0 Å². The second-order valence-electron chi connectivity index (χ2n) is 3.62. The van der Waals surface area contributed by atoms with Crippen molar-refractivity contribution in [1.82, 2.24) is 4.98 Å². The summed E-state index contributed by atoms with van der Waals surface area (Å²) in [6.45, 7) is 1.62. The molecule has 0 spiro atoms. The van der Waals surface area contributed by atoms with Crippen LogP contribution in [0.25, 0.3) is 0 Å². The first-order valence-electron chi connectivity index (χ1n) is 5.21. The van der Waals surface area contributed by atoms with Crippen molar-refractivity contribution >= 4 is 17.7 Å². The zero-order valence-electron chi connectivity index (χ0n) is 9.55. The molecule has 2 aromatic rings. The first-order chi connectivity index (χ1) is 8.58. The summed E-state index contributed by atoms with van der Waals surface area (Å²) >= 11 is 1.17. The van der Waals surface area contributed by atoms with E-state index < -0.39 is 5.97 Å². The number of aromatic nitrogens is 1. The summed E-state index contributed by atoms with van der Waals surface area (Å²) in [6, 6.07) is 9.44. The van der Waals surface area contributed by atoms with Gasteiger partial charge in [0, 0.05) is 4.90 Å². The molecule has 5 heteroatoms. The fraction of sp³-hybridized carbons (Fsp3) is 0.0769. The second kappa shape index (κ2) is 5.18. The summed E-state index contributed by atoms with van der Waals surface area (Å²) in [5.74, 6) is -1.33. The molecular formula is C13H10FNO2S. The van der Waals surface area contributed by atoms with Crippen LogP contribution in [0.15, 0.2) is 46.3 Å². The van der Waals surface area contributed by atoms with Crippen LogP contribution in [0.3, 0.4) is 0 Å². The lowest BCUT2D eigenvalue weighted by molar-refractivity contribution is 0.0695. The predicted molar refractivity (Wildman–Crippen MR) is 66.5 cm³/mol. The summed E-state index contributed by atoms with van der Waals surface area (Å²) in [7, 11) is 0. The standard InChI is InChI=1S/C13H10FNO2S/c1-8-9(13(16)17)6-7-12(15-8)18-11-5-3-2-4-10(11)14/h2-7H,1H3,(H,16,17). The number of pyridine rings is 1. The number of hydrogen-bond donors (Lipinski definition) is 1. The minimum absolute atomic E-state index is 0.160. The Morgan fingerprint density at radius 3 is 2.61 bits per heavy atom. The van der Waals surface area contributed by atoms with Gasteiger partial charge in [0.1, 0.15) is 10.8 Å². The van der Waals surface area contributed by atoms with E-state index in [4.69, 9.17) is 5.11 Å². The van der Waals surface area contributed by atoms with Gasteiger partial charge in [-0.05, 0) is 31.2 Å². The van der Waals surface area contributed by atoms with Gasteiger partial charge in [-0.25, -0.2) is 14.2 Å². The highest BCUT2D eigenvalue weighted by molar-refractivity contribution is 7.99. The number of hydrogen-bond acceptors (Lipinski definition) is 3. The van der Waals surface area contributed by atoms with E-state index in [1.54, 1.807) is 31.2 Å². The summed E-state index contributed by atoms with van der Waals surface area (Å²) < 4.78 is 13.4. The van der Waals surface area contributed by atoms with Crippen LogP contribution in [0.5, 0.6) is 0 Å². The summed E-state index contributed by atoms with van der Waals surface area (Å²) in [4.78, 5) is 15.5. The average Bonchev–Trinajstić information content (AvgIpc) is 2.32. The molecule has 0 aliphatic rings. The number of aromatic carboxylic acids is 1. The Kier molecular flexibility index (Phi) is 3.62. The normalized spacial score (nSPS) is 10.3. The molecule has 0 fully saturated rings. The van der Waals surface area contributed by atoms with E-state index in [1.165, 1.54) is 23.9 Å². The maximum Gasteiger partial charge on any atom is 0.337 e. The molecule has 0 bridgehead atoms. The van der Waals surface area contributed by atoms with E-state index in [9.17, 15) is 9.18 Å². The van der Waals surface area contributed by atoms with Crippen LogP contribution in [0.4, 0.5) is 4.39 Å². The number of carboxylic acid groups (broad SMARTS) is 1. The molecular weight excluding hydrogens is 253 g/mol. The zero-order valence-corrected chi connectivity index (χ0v) is 10.4. The van der Waals surface area contributed by atoms with E-state index in [2.05, 4.69) is 4.98 Å². The number of aryl methyl sites for hydroxylation is 1. The van der Waals surface area contributed by atoms with Crippen LogP contribution in [0.1, 0.15) is 16.1 Å². The Morgan fingerprint density at radius 2 is 2.00 bits per heavy atom. The van der Waals surface area contributed by atoms with E-state index >= 15 is 0 Å². The number of halogens is 1. The summed E-state index contributed by atoms with van der Waals surface area (Å²) in [5, 5.41) is 9.46. The molecule has 18 heavy (non-hydrogen) atoms. The van der Waals surface area contributed by atoms with Gasteiger partial charge < -0.3 is 5.11 Å². The minimum atomic E-state index is -1.01. The number of carbonyl (C=O) groups is 1. The molecule has 0 saturated carbocycles. The van der Waals surface area contributed by atoms with Crippen molar-refractivity contribution in [2.75, 3.05) is 0 Å². The highest BCUT2D eigenvalue weighted by Gasteiger charge is 2.10. The smallest absolute Gasteiger partial charge is 0.337 e. The van der Waals surface area contributed by atoms with E-state index in [1.807, 2.05) is 0 Å². The van der Waals surface area contributed by atoms with Gasteiger partial charge in [0.05, 0.1) is 11.3 Å². The predicted octanol–water partition coefficient (Wildman–Crippen LogP) is 3.38. The Labute approximate surface area is 108 Å². The van der Waals surface area contributed by atoms with Crippen LogP contribution in [-0.2, 0) is 0 Å². The maximum absolute atomic E-state index is 13.4. The number of benzene rings is 1. The molecule has 0 radical (unpaired) electrons. The van der Waals surface area contributed by atoms with Gasteiger partial charge in [0.25, 0.3) is 0 Å². The largest absolute Gasteiger partial charge is 0.478 e. The van der Waals surface area contributed by atoms with Crippen LogP contribution in [0, 0.1) is 12.7 Å². The molecule has 0 saturated heterocycles. The maximum atomic E-state index is 13.4. The van der Waals surface area contributed by atoms with Crippen molar-refractivity contribution in [2.45, 2.75) is 16.8 Å².